The molecular formula is C20H25NO4S. The van der Waals surface area contributed by atoms with Crippen molar-refractivity contribution in [3.63, 3.8) is 0 Å². The molecule has 2 rings (SSSR count). The van der Waals surface area contributed by atoms with Gasteiger partial charge in [-0.25, -0.2) is 13.1 Å². The smallest absolute Gasteiger partial charge is 0.240 e. The Morgan fingerprint density at radius 2 is 1.77 bits per heavy atom. The van der Waals surface area contributed by atoms with E-state index in [1.54, 1.807) is 37.5 Å². The minimum atomic E-state index is -3.53. The molecule has 2 aromatic rings. The Balaban J connectivity index is 2.01. The number of methoxy groups -OCH3 is 1. The van der Waals surface area contributed by atoms with Crippen LogP contribution >= 0.6 is 0 Å². The molecule has 0 saturated heterocycles. The molecule has 0 amide bonds. The maximum Gasteiger partial charge on any atom is 0.240 e. The Bertz CT molecular complexity index is 799. The zero-order valence-electron chi connectivity index (χ0n) is 15.1. The Morgan fingerprint density at radius 1 is 1.12 bits per heavy atom. The number of sulfonamides is 1. The first-order valence-electron chi connectivity index (χ1n) is 8.39. The average Bonchev–Trinajstić information content (AvgIpc) is 2.65. The molecule has 0 fully saturated rings. The number of hydrogen-bond donors (Lipinski definition) is 1. The average molecular weight is 375 g/mol. The van der Waals surface area contributed by atoms with Crippen molar-refractivity contribution in [2.24, 2.45) is 0 Å². The molecule has 1 N–H and O–H groups in total. The summed E-state index contributed by atoms with van der Waals surface area (Å²) in [6.45, 7) is 6.24. The van der Waals surface area contributed by atoms with Crippen LogP contribution in [0.5, 0.6) is 5.75 Å². The topological polar surface area (TPSA) is 64.6 Å². The van der Waals surface area contributed by atoms with E-state index in [-0.39, 0.29) is 17.5 Å². The van der Waals surface area contributed by atoms with E-state index in [0.717, 1.165) is 16.9 Å². The van der Waals surface area contributed by atoms with Crippen molar-refractivity contribution in [3.8, 4) is 5.75 Å². The van der Waals surface area contributed by atoms with Gasteiger partial charge < -0.3 is 9.47 Å². The van der Waals surface area contributed by atoms with Crippen molar-refractivity contribution < 1.29 is 17.9 Å². The summed E-state index contributed by atoms with van der Waals surface area (Å²) >= 11 is 0. The minimum Gasteiger partial charge on any atom is -0.497 e. The van der Waals surface area contributed by atoms with Gasteiger partial charge in [0.05, 0.1) is 24.7 Å². The molecule has 5 nitrogen and oxygen atoms in total. The third-order valence-corrected chi connectivity index (χ3v) is 5.41. The van der Waals surface area contributed by atoms with Crippen molar-refractivity contribution >= 4 is 10.0 Å². The van der Waals surface area contributed by atoms with E-state index in [1.807, 2.05) is 31.2 Å². The van der Waals surface area contributed by atoms with Gasteiger partial charge in [-0.15, -0.1) is 6.58 Å². The van der Waals surface area contributed by atoms with Gasteiger partial charge in [0.15, 0.2) is 0 Å². The highest BCUT2D eigenvalue weighted by Crippen LogP contribution is 2.23. The SMILES string of the molecule is C=CCO[C@H](CCNS(=O)(=O)c1ccc(C)cc1)c1ccc(OC)cc1. The quantitative estimate of drug-likeness (QED) is 0.644. The van der Waals surface area contributed by atoms with Gasteiger partial charge in [0.2, 0.25) is 10.0 Å². The molecule has 0 bridgehead atoms. The second-order valence-corrected chi connectivity index (χ2v) is 7.65. The van der Waals surface area contributed by atoms with Gasteiger partial charge in [0.1, 0.15) is 5.75 Å². The minimum absolute atomic E-state index is 0.236. The predicted octanol–water partition coefficient (Wildman–Crippen LogP) is 3.62. The van der Waals surface area contributed by atoms with E-state index in [1.165, 1.54) is 0 Å². The van der Waals surface area contributed by atoms with Crippen LogP contribution in [0.25, 0.3) is 0 Å². The largest absolute Gasteiger partial charge is 0.497 e. The predicted molar refractivity (Wildman–Crippen MR) is 103 cm³/mol. The van der Waals surface area contributed by atoms with E-state index < -0.39 is 10.0 Å². The molecule has 2 aromatic carbocycles. The molecule has 0 spiro atoms. The van der Waals surface area contributed by atoms with Crippen LogP contribution in [0.1, 0.15) is 23.7 Å². The van der Waals surface area contributed by atoms with E-state index in [2.05, 4.69) is 11.3 Å². The lowest BCUT2D eigenvalue weighted by atomic mass is 10.1. The maximum absolute atomic E-state index is 12.4. The van der Waals surface area contributed by atoms with Crippen molar-refractivity contribution in [2.75, 3.05) is 20.3 Å². The number of rotatable bonds is 10. The fourth-order valence-corrected chi connectivity index (χ4v) is 3.52. The Kier molecular flexibility index (Phi) is 7.38. The van der Waals surface area contributed by atoms with Crippen molar-refractivity contribution in [1.82, 2.24) is 4.72 Å². The third kappa shape index (κ3) is 5.69. The monoisotopic (exact) mass is 375 g/mol. The fourth-order valence-electron chi connectivity index (χ4n) is 2.47. The van der Waals surface area contributed by atoms with Crippen LogP contribution in [0.4, 0.5) is 0 Å². The molecule has 0 aliphatic heterocycles. The van der Waals surface area contributed by atoms with E-state index in [0.29, 0.717) is 13.0 Å². The van der Waals surface area contributed by atoms with Crippen LogP contribution in [0, 0.1) is 6.92 Å². The standard InChI is InChI=1S/C20H25NO4S/c1-4-15-25-20(17-7-9-18(24-3)10-8-17)13-14-21-26(22,23)19-11-5-16(2)6-12-19/h4-12,20-21H,1,13-15H2,2-3H3/t20-/m1/s1. The molecule has 6 heteroatoms. The maximum atomic E-state index is 12.4. The summed E-state index contributed by atoms with van der Waals surface area (Å²) in [5.41, 5.74) is 1.98. The highest BCUT2D eigenvalue weighted by atomic mass is 32.2. The lowest BCUT2D eigenvalue weighted by Crippen LogP contribution is -2.26. The summed E-state index contributed by atoms with van der Waals surface area (Å²) in [7, 11) is -1.92. The van der Waals surface area contributed by atoms with Crippen LogP contribution in [0.15, 0.2) is 66.1 Å². The van der Waals surface area contributed by atoms with Crippen LogP contribution in [-0.4, -0.2) is 28.7 Å². The van der Waals surface area contributed by atoms with Gasteiger partial charge in [0, 0.05) is 6.54 Å². The summed E-state index contributed by atoms with van der Waals surface area (Å²) in [4.78, 5) is 0.260. The molecule has 0 aliphatic carbocycles. The zero-order chi connectivity index (χ0) is 19.0. The number of ether oxygens (including phenoxy) is 2. The fraction of sp³-hybridized carbons (Fsp3) is 0.300. The number of nitrogens with one attached hydrogen (secondary N) is 1. The molecule has 0 aromatic heterocycles. The highest BCUT2D eigenvalue weighted by molar-refractivity contribution is 7.89. The Morgan fingerprint density at radius 3 is 2.35 bits per heavy atom. The molecule has 0 saturated carbocycles. The number of benzene rings is 2. The number of hydrogen-bond acceptors (Lipinski definition) is 4. The molecule has 26 heavy (non-hydrogen) atoms. The van der Waals surface area contributed by atoms with E-state index in [9.17, 15) is 8.42 Å². The van der Waals surface area contributed by atoms with Crippen molar-refractivity contribution in [1.29, 1.82) is 0 Å². The Labute approximate surface area is 155 Å². The summed E-state index contributed by atoms with van der Waals surface area (Å²) in [5.74, 6) is 0.760. The molecule has 0 aliphatic rings. The second-order valence-electron chi connectivity index (χ2n) is 5.88. The lowest BCUT2D eigenvalue weighted by Gasteiger charge is -2.18. The summed E-state index contributed by atoms with van der Waals surface area (Å²) in [6, 6.07) is 14.3. The van der Waals surface area contributed by atoms with E-state index >= 15 is 0 Å². The van der Waals surface area contributed by atoms with Gasteiger partial charge in [-0.3, -0.25) is 0 Å². The number of aryl methyl sites for hydroxylation is 1. The second kappa shape index (κ2) is 9.52. The van der Waals surface area contributed by atoms with Crippen LogP contribution in [0.3, 0.4) is 0 Å². The lowest BCUT2D eigenvalue weighted by molar-refractivity contribution is 0.0687. The van der Waals surface area contributed by atoms with Gasteiger partial charge in [-0.1, -0.05) is 35.9 Å². The van der Waals surface area contributed by atoms with Crippen LogP contribution in [0.2, 0.25) is 0 Å². The van der Waals surface area contributed by atoms with Crippen molar-refractivity contribution in [2.45, 2.75) is 24.3 Å². The first-order valence-corrected chi connectivity index (χ1v) is 9.87. The van der Waals surface area contributed by atoms with E-state index in [4.69, 9.17) is 9.47 Å². The first kappa shape index (κ1) is 20.2. The Hall–Kier alpha value is -2.15. The molecule has 0 radical (unpaired) electrons. The molecule has 0 heterocycles. The van der Waals surface area contributed by atoms with Gasteiger partial charge in [-0.05, 0) is 43.2 Å². The molecule has 140 valence electrons. The van der Waals surface area contributed by atoms with Crippen LogP contribution in [-0.2, 0) is 14.8 Å². The molecule has 0 unspecified atom stereocenters. The van der Waals surface area contributed by atoms with Gasteiger partial charge >= 0.3 is 0 Å². The molecule has 1 atom stereocenters. The molecular weight excluding hydrogens is 350 g/mol. The summed E-state index contributed by atoms with van der Waals surface area (Å²) < 4.78 is 38.3. The summed E-state index contributed by atoms with van der Waals surface area (Å²) in [5, 5.41) is 0. The van der Waals surface area contributed by atoms with Crippen molar-refractivity contribution in [3.05, 3.63) is 72.3 Å². The van der Waals surface area contributed by atoms with Gasteiger partial charge in [0.25, 0.3) is 0 Å². The first-order chi connectivity index (χ1) is 12.5. The van der Waals surface area contributed by atoms with Crippen LogP contribution < -0.4 is 9.46 Å². The summed E-state index contributed by atoms with van der Waals surface area (Å²) in [6.07, 6.45) is 1.94. The zero-order valence-corrected chi connectivity index (χ0v) is 16.0. The highest BCUT2D eigenvalue weighted by Gasteiger charge is 2.16. The van der Waals surface area contributed by atoms with Gasteiger partial charge in [-0.2, -0.15) is 0 Å². The normalized spacial score (nSPS) is 12.5. The third-order valence-electron chi connectivity index (χ3n) is 3.93.